The van der Waals surface area contributed by atoms with E-state index in [-0.39, 0.29) is 22.9 Å². The van der Waals surface area contributed by atoms with Crippen LogP contribution in [0.4, 0.5) is 20.4 Å². The molecule has 0 amide bonds. The lowest BCUT2D eigenvalue weighted by Gasteiger charge is -2.14. The number of benzene rings is 3. The van der Waals surface area contributed by atoms with Crippen molar-refractivity contribution < 1.29 is 21.9 Å². The maximum atomic E-state index is 14.2. The number of rotatable bonds is 6. The van der Waals surface area contributed by atoms with Crippen molar-refractivity contribution in [1.29, 1.82) is 0 Å². The number of hydrogen-bond acceptors (Lipinski definition) is 7. The normalized spacial score (nSPS) is 11.5. The number of sulfonamides is 1. The monoisotopic (exact) mass is 613 g/mol. The average molecular weight is 614 g/mol. The van der Waals surface area contributed by atoms with Crippen LogP contribution in [-0.4, -0.2) is 30.1 Å². The Hall–Kier alpha value is -4.36. The molecule has 0 bridgehead atoms. The van der Waals surface area contributed by atoms with Crippen LogP contribution in [0.1, 0.15) is 0 Å². The summed E-state index contributed by atoms with van der Waals surface area (Å²) < 4.78 is 62.7. The Labute approximate surface area is 229 Å². The molecule has 0 saturated heterocycles. The third-order valence-corrected chi connectivity index (χ3v) is 7.66. The van der Waals surface area contributed by atoms with Gasteiger partial charge in [0.25, 0.3) is 15.6 Å². The zero-order valence-electron chi connectivity index (χ0n) is 20.0. The van der Waals surface area contributed by atoms with Crippen molar-refractivity contribution in [3.05, 3.63) is 99.4 Å². The second-order valence-corrected chi connectivity index (χ2v) is 10.8. The second-order valence-electron chi connectivity index (χ2n) is 8.28. The van der Waals surface area contributed by atoms with Gasteiger partial charge in [0, 0.05) is 22.3 Å². The van der Waals surface area contributed by atoms with Gasteiger partial charge in [0.2, 0.25) is 11.8 Å². The molecule has 5 rings (SSSR count). The highest BCUT2D eigenvalue weighted by Crippen LogP contribution is 2.31. The Morgan fingerprint density at radius 3 is 2.54 bits per heavy atom. The lowest BCUT2D eigenvalue weighted by atomic mass is 10.0. The van der Waals surface area contributed by atoms with Crippen LogP contribution in [0.15, 0.2) is 87.1 Å². The molecule has 13 heteroatoms. The molecule has 0 saturated carbocycles. The summed E-state index contributed by atoms with van der Waals surface area (Å²) >= 11 is 3.38. The number of anilines is 2. The van der Waals surface area contributed by atoms with Crippen LogP contribution in [0.5, 0.6) is 5.88 Å². The molecular formula is C26H18BrF2N5O4S. The molecule has 0 unspecified atom stereocenters. The predicted molar refractivity (Wildman–Crippen MR) is 146 cm³/mol. The number of fused-ring (bicyclic) bond motifs is 1. The van der Waals surface area contributed by atoms with E-state index in [9.17, 15) is 22.0 Å². The standard InChI is InChI=1S/C26H18BrF2N5O4S/c1-38-24-22(33-39(36,37)23-8-6-17(28)12-20(23)29)10-15(13-31-24)14-5-7-21-19(9-14)25(35)34(26(30)32-21)18-4-2-3-16(27)11-18/h2-13,33H,1H3,(H2,30,32). The number of aromatic nitrogens is 3. The van der Waals surface area contributed by atoms with E-state index in [1.165, 1.54) is 23.9 Å². The van der Waals surface area contributed by atoms with E-state index in [0.717, 1.165) is 16.6 Å². The highest BCUT2D eigenvalue weighted by molar-refractivity contribution is 9.10. The van der Waals surface area contributed by atoms with Gasteiger partial charge in [-0.1, -0.05) is 28.1 Å². The molecule has 39 heavy (non-hydrogen) atoms. The summed E-state index contributed by atoms with van der Waals surface area (Å²) in [6.07, 6.45) is 1.42. The van der Waals surface area contributed by atoms with Gasteiger partial charge >= 0.3 is 0 Å². The third-order valence-electron chi connectivity index (χ3n) is 5.77. The maximum Gasteiger partial charge on any atom is 0.267 e. The second kappa shape index (κ2) is 10.1. The number of nitrogens with zero attached hydrogens (tertiary/aromatic N) is 3. The van der Waals surface area contributed by atoms with Crippen LogP contribution in [0.3, 0.4) is 0 Å². The van der Waals surface area contributed by atoms with Gasteiger partial charge in [-0.25, -0.2) is 31.7 Å². The van der Waals surface area contributed by atoms with Gasteiger partial charge in [-0.3, -0.25) is 9.52 Å². The van der Waals surface area contributed by atoms with E-state index in [1.54, 1.807) is 36.4 Å². The minimum absolute atomic E-state index is 0.00850. The summed E-state index contributed by atoms with van der Waals surface area (Å²) in [7, 11) is -3.18. The van der Waals surface area contributed by atoms with E-state index in [4.69, 9.17) is 10.5 Å². The van der Waals surface area contributed by atoms with Gasteiger partial charge < -0.3 is 10.5 Å². The average Bonchev–Trinajstić information content (AvgIpc) is 2.88. The van der Waals surface area contributed by atoms with Gasteiger partial charge in [0.15, 0.2) is 0 Å². The van der Waals surface area contributed by atoms with Crippen molar-refractivity contribution in [3.8, 4) is 22.7 Å². The first-order valence-corrected chi connectivity index (χ1v) is 13.5. The maximum absolute atomic E-state index is 14.2. The van der Waals surface area contributed by atoms with Crippen molar-refractivity contribution in [2.75, 3.05) is 17.6 Å². The Balaban J connectivity index is 1.60. The molecule has 0 aliphatic carbocycles. The van der Waals surface area contributed by atoms with Crippen LogP contribution in [-0.2, 0) is 10.0 Å². The molecule has 0 aliphatic heterocycles. The largest absolute Gasteiger partial charge is 0.480 e. The van der Waals surface area contributed by atoms with Crippen LogP contribution < -0.4 is 20.8 Å². The van der Waals surface area contributed by atoms with Crippen molar-refractivity contribution in [1.82, 2.24) is 14.5 Å². The summed E-state index contributed by atoms with van der Waals surface area (Å²) in [5.74, 6) is -2.25. The summed E-state index contributed by atoms with van der Waals surface area (Å²) in [6, 6.07) is 15.4. The van der Waals surface area contributed by atoms with Crippen LogP contribution in [0.2, 0.25) is 0 Å². The number of nitrogens with one attached hydrogen (secondary N) is 1. The first kappa shape index (κ1) is 26.3. The summed E-state index contributed by atoms with van der Waals surface area (Å²) in [4.78, 5) is 21.2. The Kier molecular flexibility index (Phi) is 6.78. The molecule has 198 valence electrons. The quantitative estimate of drug-likeness (QED) is 0.279. The molecule has 3 aromatic carbocycles. The highest BCUT2D eigenvalue weighted by atomic mass is 79.9. The fourth-order valence-electron chi connectivity index (χ4n) is 3.99. The molecular weight excluding hydrogens is 596 g/mol. The zero-order valence-corrected chi connectivity index (χ0v) is 22.4. The van der Waals surface area contributed by atoms with E-state index >= 15 is 0 Å². The topological polar surface area (TPSA) is 129 Å². The van der Waals surface area contributed by atoms with E-state index in [2.05, 4.69) is 30.6 Å². The van der Waals surface area contributed by atoms with Crippen molar-refractivity contribution in [2.45, 2.75) is 4.90 Å². The van der Waals surface area contributed by atoms with Crippen molar-refractivity contribution in [3.63, 3.8) is 0 Å². The number of ether oxygens (including phenoxy) is 1. The third kappa shape index (κ3) is 5.05. The summed E-state index contributed by atoms with van der Waals surface area (Å²) in [5.41, 5.74) is 7.39. The molecule has 0 atom stereocenters. The van der Waals surface area contributed by atoms with Gasteiger partial charge in [0.1, 0.15) is 22.2 Å². The molecule has 0 aliphatic rings. The highest BCUT2D eigenvalue weighted by Gasteiger charge is 2.22. The summed E-state index contributed by atoms with van der Waals surface area (Å²) in [6.45, 7) is 0. The van der Waals surface area contributed by atoms with Gasteiger partial charge in [-0.2, -0.15) is 0 Å². The smallest absolute Gasteiger partial charge is 0.267 e. The van der Waals surface area contributed by atoms with Crippen LogP contribution >= 0.6 is 15.9 Å². The number of nitrogens with two attached hydrogens (primary N) is 1. The lowest BCUT2D eigenvalue weighted by molar-refractivity contribution is 0.400. The van der Waals surface area contributed by atoms with Crippen molar-refractivity contribution in [2.24, 2.45) is 0 Å². The van der Waals surface area contributed by atoms with E-state index < -0.39 is 32.1 Å². The fourth-order valence-corrected chi connectivity index (χ4v) is 5.48. The molecule has 0 spiro atoms. The SMILES string of the molecule is COc1ncc(-c2ccc3nc(N)n(-c4cccc(Br)c4)c(=O)c3c2)cc1NS(=O)(=O)c1ccc(F)cc1F. The lowest BCUT2D eigenvalue weighted by Crippen LogP contribution is -2.23. The first-order valence-electron chi connectivity index (χ1n) is 11.2. The Bertz CT molecular complexity index is 1930. The molecule has 0 fully saturated rings. The number of nitrogen functional groups attached to an aromatic ring is 1. The molecule has 9 nitrogen and oxygen atoms in total. The molecule has 2 aromatic heterocycles. The number of hydrogen-bond donors (Lipinski definition) is 2. The molecule has 2 heterocycles. The fraction of sp³-hybridized carbons (Fsp3) is 0.0385. The number of halogens is 3. The van der Waals surface area contributed by atoms with E-state index in [1.807, 2.05) is 6.07 Å². The van der Waals surface area contributed by atoms with Gasteiger partial charge in [0.05, 0.1) is 23.7 Å². The predicted octanol–water partition coefficient (Wildman–Crippen LogP) is 4.88. The number of pyridine rings is 1. The zero-order chi connectivity index (χ0) is 27.9. The summed E-state index contributed by atoms with van der Waals surface area (Å²) in [5, 5.41) is 0.257. The minimum Gasteiger partial charge on any atom is -0.480 e. The van der Waals surface area contributed by atoms with Crippen LogP contribution in [0, 0.1) is 11.6 Å². The van der Waals surface area contributed by atoms with Crippen LogP contribution in [0.25, 0.3) is 27.7 Å². The number of methoxy groups -OCH3 is 1. The Morgan fingerprint density at radius 2 is 1.82 bits per heavy atom. The molecule has 3 N–H and O–H groups in total. The first-order chi connectivity index (χ1) is 18.6. The van der Waals surface area contributed by atoms with Crippen molar-refractivity contribution >= 4 is 48.5 Å². The van der Waals surface area contributed by atoms with Gasteiger partial charge in [-0.15, -0.1) is 0 Å². The van der Waals surface area contributed by atoms with Gasteiger partial charge in [-0.05, 0) is 54.1 Å². The molecule has 5 aromatic rings. The molecule has 0 radical (unpaired) electrons. The minimum atomic E-state index is -4.47. The Morgan fingerprint density at radius 1 is 1.03 bits per heavy atom. The van der Waals surface area contributed by atoms with E-state index in [0.29, 0.717) is 28.4 Å².